The third-order valence-electron chi connectivity index (χ3n) is 3.23. The summed E-state index contributed by atoms with van der Waals surface area (Å²) in [4.78, 5) is 21.3. The molecule has 0 aromatic carbocycles. The summed E-state index contributed by atoms with van der Waals surface area (Å²) in [7, 11) is 0. The highest BCUT2D eigenvalue weighted by molar-refractivity contribution is 6.24. The first-order chi connectivity index (χ1) is 8.53. The fourth-order valence-corrected chi connectivity index (χ4v) is 2.44. The van der Waals surface area contributed by atoms with Crippen LogP contribution in [0.3, 0.4) is 0 Å². The molecule has 0 saturated carbocycles. The van der Waals surface area contributed by atoms with Crippen LogP contribution >= 0.6 is 0 Å². The Hall–Kier alpha value is -0.900. The van der Waals surface area contributed by atoms with Gasteiger partial charge in [0.25, 0.3) is 5.91 Å². The summed E-state index contributed by atoms with van der Waals surface area (Å²) in [5, 5.41) is 0. The second-order valence-corrected chi connectivity index (χ2v) is 7.11. The minimum atomic E-state index is -0.204. The summed E-state index contributed by atoms with van der Waals surface area (Å²) in [6.45, 7) is 18.3. The first kappa shape index (κ1) is 16.2. The summed E-state index contributed by atoms with van der Waals surface area (Å²) in [6, 6.07) is -0.159. The smallest absolute Gasteiger partial charge is 0.253 e. The number of β-lactam (4-membered cyclic amide) rings is 1. The number of hydrogen-bond acceptors (Lipinski definition) is 3. The number of carbonyl (C=O) groups is 1. The van der Waals surface area contributed by atoms with Gasteiger partial charge in [-0.1, -0.05) is 13.8 Å². The van der Waals surface area contributed by atoms with Gasteiger partial charge >= 0.3 is 0 Å². The Balaban J connectivity index is 3.15. The molecule has 1 atom stereocenters. The lowest BCUT2D eigenvalue weighted by molar-refractivity contribution is -0.140. The average Bonchev–Trinajstić information content (AvgIpc) is 2.20. The molecule has 1 heterocycles. The third-order valence-corrected chi connectivity index (χ3v) is 3.23. The maximum absolute atomic E-state index is 12.5. The van der Waals surface area contributed by atoms with E-state index in [1.165, 1.54) is 0 Å². The lowest BCUT2D eigenvalue weighted by atomic mass is 9.93. The molecule has 1 saturated heterocycles. The standard InChI is InChI=1S/C15H29N3O/c1-9-17(10-2)11-12(16-14(3,4)5)18(13(11)19)15(6,7)8/h11H,9-10H2,1-8H3/b16-12+. The summed E-state index contributed by atoms with van der Waals surface area (Å²) in [5.74, 6) is 1.10. The average molecular weight is 267 g/mol. The highest BCUT2D eigenvalue weighted by Crippen LogP contribution is 2.30. The van der Waals surface area contributed by atoms with Crippen molar-refractivity contribution >= 4 is 11.7 Å². The molecule has 4 heteroatoms. The zero-order chi connectivity index (χ0) is 15.0. The van der Waals surface area contributed by atoms with Gasteiger partial charge in [0.1, 0.15) is 11.9 Å². The van der Waals surface area contributed by atoms with Crippen LogP contribution in [0.2, 0.25) is 0 Å². The molecule has 1 fully saturated rings. The predicted octanol–water partition coefficient (Wildman–Crippen LogP) is 2.53. The maximum atomic E-state index is 12.5. The Morgan fingerprint density at radius 2 is 1.58 bits per heavy atom. The molecule has 0 aliphatic carbocycles. The summed E-state index contributed by atoms with van der Waals surface area (Å²) in [5.41, 5.74) is -0.365. The SMILES string of the molecule is CCN(CC)C1C(=O)N(C(C)(C)C)/C1=N/C(C)(C)C. The number of aliphatic imine (C=N–C) groups is 1. The second-order valence-electron chi connectivity index (χ2n) is 7.11. The number of likely N-dealkylation sites (N-methyl/N-ethyl adjacent to an activating group) is 1. The van der Waals surface area contributed by atoms with Crippen molar-refractivity contribution in [1.29, 1.82) is 0 Å². The Kier molecular flexibility index (Phi) is 4.45. The molecule has 0 aromatic rings. The highest BCUT2D eigenvalue weighted by atomic mass is 16.2. The van der Waals surface area contributed by atoms with Crippen LogP contribution in [0.1, 0.15) is 55.4 Å². The number of amides is 1. The van der Waals surface area contributed by atoms with E-state index in [0.29, 0.717) is 0 Å². The molecule has 4 nitrogen and oxygen atoms in total. The van der Waals surface area contributed by atoms with Gasteiger partial charge in [-0.25, -0.2) is 0 Å². The van der Waals surface area contributed by atoms with Gasteiger partial charge in [0.05, 0.1) is 5.54 Å². The van der Waals surface area contributed by atoms with Gasteiger partial charge in [0.2, 0.25) is 0 Å². The minimum Gasteiger partial charge on any atom is -0.292 e. The molecule has 1 unspecified atom stereocenters. The van der Waals surface area contributed by atoms with Gasteiger partial charge in [-0.3, -0.25) is 19.6 Å². The van der Waals surface area contributed by atoms with Gasteiger partial charge < -0.3 is 0 Å². The Labute approximate surface area is 117 Å². The van der Waals surface area contributed by atoms with Crippen molar-refractivity contribution in [2.24, 2.45) is 4.99 Å². The number of likely N-dealkylation sites (tertiary alicyclic amines) is 1. The largest absolute Gasteiger partial charge is 0.292 e. The van der Waals surface area contributed by atoms with E-state index in [2.05, 4.69) is 60.3 Å². The first-order valence-electron chi connectivity index (χ1n) is 7.20. The van der Waals surface area contributed by atoms with Crippen molar-refractivity contribution in [2.75, 3.05) is 13.1 Å². The lowest BCUT2D eigenvalue weighted by Gasteiger charge is -2.51. The van der Waals surface area contributed by atoms with Crippen molar-refractivity contribution < 1.29 is 4.79 Å². The monoisotopic (exact) mass is 267 g/mol. The van der Waals surface area contributed by atoms with E-state index >= 15 is 0 Å². The van der Waals surface area contributed by atoms with Gasteiger partial charge in [0, 0.05) is 5.54 Å². The molecule has 19 heavy (non-hydrogen) atoms. The molecule has 1 aliphatic rings. The highest BCUT2D eigenvalue weighted by Gasteiger charge is 2.51. The minimum absolute atomic E-state index is 0.159. The molecule has 110 valence electrons. The zero-order valence-electron chi connectivity index (χ0n) is 13.7. The number of amidine groups is 1. The molecule has 1 aliphatic heterocycles. The predicted molar refractivity (Wildman–Crippen MR) is 80.5 cm³/mol. The molecule has 1 rings (SSSR count). The van der Waals surface area contributed by atoms with Crippen molar-refractivity contribution in [3.63, 3.8) is 0 Å². The maximum Gasteiger partial charge on any atom is 0.253 e. The number of rotatable bonds is 3. The molecule has 0 bridgehead atoms. The fourth-order valence-electron chi connectivity index (χ4n) is 2.44. The Morgan fingerprint density at radius 1 is 1.11 bits per heavy atom. The van der Waals surface area contributed by atoms with E-state index in [1.807, 2.05) is 4.90 Å². The van der Waals surface area contributed by atoms with Crippen LogP contribution in [-0.2, 0) is 4.79 Å². The molecule has 0 radical (unpaired) electrons. The van der Waals surface area contributed by atoms with Crippen molar-refractivity contribution in [3.05, 3.63) is 0 Å². The van der Waals surface area contributed by atoms with Gasteiger partial charge in [0.15, 0.2) is 0 Å². The second kappa shape index (κ2) is 5.23. The number of nitrogens with zero attached hydrogens (tertiary/aromatic N) is 3. The number of hydrogen-bond donors (Lipinski definition) is 0. The summed E-state index contributed by atoms with van der Waals surface area (Å²) in [6.07, 6.45) is 0. The normalized spacial score (nSPS) is 23.2. The fraction of sp³-hybridized carbons (Fsp3) is 0.867. The first-order valence-corrected chi connectivity index (χ1v) is 7.20. The van der Waals surface area contributed by atoms with Gasteiger partial charge in [-0.15, -0.1) is 0 Å². The van der Waals surface area contributed by atoms with E-state index in [1.54, 1.807) is 0 Å². The topological polar surface area (TPSA) is 35.9 Å². The van der Waals surface area contributed by atoms with Crippen LogP contribution < -0.4 is 0 Å². The summed E-state index contributed by atoms with van der Waals surface area (Å²) >= 11 is 0. The van der Waals surface area contributed by atoms with Gasteiger partial charge in [-0.05, 0) is 54.6 Å². The molecule has 0 N–H and O–H groups in total. The van der Waals surface area contributed by atoms with Crippen LogP contribution in [0, 0.1) is 0 Å². The van der Waals surface area contributed by atoms with Crippen molar-refractivity contribution in [2.45, 2.75) is 72.5 Å². The Morgan fingerprint density at radius 3 is 1.89 bits per heavy atom. The van der Waals surface area contributed by atoms with E-state index in [0.717, 1.165) is 18.9 Å². The molecular weight excluding hydrogens is 238 g/mol. The number of carbonyl (C=O) groups excluding carboxylic acids is 1. The zero-order valence-corrected chi connectivity index (χ0v) is 13.7. The Bertz CT molecular complexity index is 370. The van der Waals surface area contributed by atoms with Crippen molar-refractivity contribution in [1.82, 2.24) is 9.80 Å². The van der Waals surface area contributed by atoms with E-state index in [9.17, 15) is 4.79 Å². The summed E-state index contributed by atoms with van der Waals surface area (Å²) < 4.78 is 0. The molecule has 1 amide bonds. The lowest BCUT2D eigenvalue weighted by Crippen LogP contribution is -2.72. The van der Waals surface area contributed by atoms with E-state index < -0.39 is 0 Å². The van der Waals surface area contributed by atoms with Gasteiger partial charge in [-0.2, -0.15) is 0 Å². The molecule has 0 spiro atoms. The van der Waals surface area contributed by atoms with Crippen LogP contribution in [0.15, 0.2) is 4.99 Å². The van der Waals surface area contributed by atoms with E-state index in [4.69, 9.17) is 4.99 Å². The molecular formula is C15H29N3O. The van der Waals surface area contributed by atoms with Crippen molar-refractivity contribution in [3.8, 4) is 0 Å². The van der Waals surface area contributed by atoms with Crippen LogP contribution in [-0.4, -0.2) is 51.8 Å². The molecule has 0 aromatic heterocycles. The van der Waals surface area contributed by atoms with Crippen LogP contribution in [0.25, 0.3) is 0 Å². The van der Waals surface area contributed by atoms with Crippen LogP contribution in [0.5, 0.6) is 0 Å². The third kappa shape index (κ3) is 3.35. The van der Waals surface area contributed by atoms with E-state index in [-0.39, 0.29) is 23.0 Å². The van der Waals surface area contributed by atoms with Crippen LogP contribution in [0.4, 0.5) is 0 Å². The quantitative estimate of drug-likeness (QED) is 0.737.